The van der Waals surface area contributed by atoms with E-state index in [0.717, 1.165) is 5.69 Å². The Bertz CT molecular complexity index is 956. The minimum absolute atomic E-state index is 0.0232. The molecule has 8 nitrogen and oxygen atoms in total. The number of primary amides is 1. The molecule has 0 saturated heterocycles. The van der Waals surface area contributed by atoms with Gasteiger partial charge in [0.2, 0.25) is 17.7 Å². The van der Waals surface area contributed by atoms with Gasteiger partial charge in [0.25, 0.3) is 0 Å². The number of hydrogen-bond acceptors (Lipinski definition) is 5. The minimum Gasteiger partial charge on any atom is -0.497 e. The predicted octanol–water partition coefficient (Wildman–Crippen LogP) is 2.14. The van der Waals surface area contributed by atoms with Crippen LogP contribution in [0.2, 0.25) is 0 Å². The molecule has 0 aliphatic carbocycles. The second-order valence-electron chi connectivity index (χ2n) is 7.60. The second kappa shape index (κ2) is 8.44. The smallest absolute Gasteiger partial charge is 0.250 e. The van der Waals surface area contributed by atoms with Crippen LogP contribution in [0.25, 0.3) is 0 Å². The van der Waals surface area contributed by atoms with Crippen molar-refractivity contribution in [3.63, 3.8) is 0 Å². The van der Waals surface area contributed by atoms with Gasteiger partial charge in [-0.05, 0) is 50.2 Å². The van der Waals surface area contributed by atoms with E-state index in [9.17, 15) is 14.4 Å². The van der Waals surface area contributed by atoms with Crippen LogP contribution >= 0.6 is 0 Å². The molecule has 8 heteroatoms. The molecule has 30 heavy (non-hydrogen) atoms. The van der Waals surface area contributed by atoms with E-state index in [2.05, 4.69) is 5.32 Å². The lowest BCUT2D eigenvalue weighted by Gasteiger charge is -2.43. The summed E-state index contributed by atoms with van der Waals surface area (Å²) in [5.74, 6) is -0.294. The molecule has 3 rings (SSSR count). The molecule has 2 aromatic carbocycles. The van der Waals surface area contributed by atoms with E-state index in [1.165, 1.54) is 4.90 Å². The van der Waals surface area contributed by atoms with Gasteiger partial charge < -0.3 is 20.7 Å². The summed E-state index contributed by atoms with van der Waals surface area (Å²) in [5, 5.41) is 2.85. The van der Waals surface area contributed by atoms with Crippen molar-refractivity contribution in [3.05, 3.63) is 48.5 Å². The summed E-state index contributed by atoms with van der Waals surface area (Å²) >= 11 is 0. The van der Waals surface area contributed by atoms with Gasteiger partial charge in [0.05, 0.1) is 25.0 Å². The first-order valence-electron chi connectivity index (χ1n) is 9.65. The highest BCUT2D eigenvalue weighted by molar-refractivity contribution is 6.14. The van der Waals surface area contributed by atoms with Crippen LogP contribution in [0.1, 0.15) is 20.3 Å². The molecule has 158 valence electrons. The second-order valence-corrected chi connectivity index (χ2v) is 7.60. The number of rotatable bonds is 7. The van der Waals surface area contributed by atoms with Crippen LogP contribution in [0, 0.1) is 0 Å². The van der Waals surface area contributed by atoms with Gasteiger partial charge in [-0.1, -0.05) is 12.1 Å². The molecule has 2 aromatic rings. The van der Waals surface area contributed by atoms with E-state index in [0.29, 0.717) is 17.1 Å². The van der Waals surface area contributed by atoms with Crippen molar-refractivity contribution in [1.29, 1.82) is 0 Å². The Hall–Kier alpha value is -3.55. The van der Waals surface area contributed by atoms with Crippen LogP contribution in [0.15, 0.2) is 48.5 Å². The quantitative estimate of drug-likeness (QED) is 0.728. The molecule has 0 aromatic heterocycles. The number of nitrogens with two attached hydrogens (primary N) is 1. The lowest BCUT2D eigenvalue weighted by Crippen LogP contribution is -2.60. The highest BCUT2D eigenvalue weighted by Crippen LogP contribution is 2.37. The van der Waals surface area contributed by atoms with Gasteiger partial charge >= 0.3 is 0 Å². The summed E-state index contributed by atoms with van der Waals surface area (Å²) in [7, 11) is 1.57. The maximum Gasteiger partial charge on any atom is 0.250 e. The number of para-hydroxylation sites is 2. The third kappa shape index (κ3) is 4.22. The number of carbonyl (C=O) groups excluding carboxylic acids is 3. The van der Waals surface area contributed by atoms with Crippen molar-refractivity contribution in [2.75, 3.05) is 35.3 Å². The normalized spacial score (nSPS) is 14.5. The van der Waals surface area contributed by atoms with Crippen LogP contribution in [0.4, 0.5) is 17.1 Å². The summed E-state index contributed by atoms with van der Waals surface area (Å²) in [6.45, 7) is 3.66. The standard InChI is InChI=1S/C22H26N4O4/c1-22(2)21(29)24-17-6-4-5-7-18(17)26(22)20(28)14-25(13-12-19(23)27)15-8-10-16(30-3)11-9-15/h4-11H,12-14H2,1-3H3,(H2,23,27)(H,24,29). The van der Waals surface area contributed by atoms with Crippen molar-refractivity contribution in [3.8, 4) is 5.75 Å². The largest absolute Gasteiger partial charge is 0.497 e. The molecule has 3 amide bonds. The molecule has 0 saturated carbocycles. The first-order chi connectivity index (χ1) is 14.2. The summed E-state index contributed by atoms with van der Waals surface area (Å²) in [5.41, 5.74) is 6.23. The van der Waals surface area contributed by atoms with Crippen molar-refractivity contribution in [2.24, 2.45) is 5.73 Å². The van der Waals surface area contributed by atoms with Crippen LogP contribution in [0.3, 0.4) is 0 Å². The van der Waals surface area contributed by atoms with E-state index in [4.69, 9.17) is 10.5 Å². The summed E-state index contributed by atoms with van der Waals surface area (Å²) in [4.78, 5) is 40.7. The van der Waals surface area contributed by atoms with Gasteiger partial charge in [0.1, 0.15) is 11.3 Å². The number of methoxy groups -OCH3 is 1. The first-order valence-corrected chi connectivity index (χ1v) is 9.65. The Morgan fingerprint density at radius 1 is 1.13 bits per heavy atom. The molecule has 3 N–H and O–H groups in total. The Labute approximate surface area is 175 Å². The minimum atomic E-state index is -1.07. The van der Waals surface area contributed by atoms with E-state index in [1.54, 1.807) is 56.2 Å². The monoisotopic (exact) mass is 410 g/mol. The lowest BCUT2D eigenvalue weighted by molar-refractivity contribution is -0.126. The third-order valence-electron chi connectivity index (χ3n) is 5.15. The zero-order valence-corrected chi connectivity index (χ0v) is 17.3. The molecule has 0 fully saturated rings. The highest BCUT2D eigenvalue weighted by Gasteiger charge is 2.43. The maximum atomic E-state index is 13.4. The number of anilines is 3. The summed E-state index contributed by atoms with van der Waals surface area (Å²) in [6, 6.07) is 14.4. The van der Waals surface area contributed by atoms with Crippen LogP contribution in [0.5, 0.6) is 5.75 Å². The van der Waals surface area contributed by atoms with Gasteiger partial charge in [-0.3, -0.25) is 19.3 Å². The summed E-state index contributed by atoms with van der Waals surface area (Å²) in [6.07, 6.45) is 0.0970. The van der Waals surface area contributed by atoms with Crippen LogP contribution in [-0.4, -0.2) is 43.5 Å². The highest BCUT2D eigenvalue weighted by atomic mass is 16.5. The zero-order valence-electron chi connectivity index (χ0n) is 17.3. The van der Waals surface area contributed by atoms with E-state index < -0.39 is 11.4 Å². The zero-order chi connectivity index (χ0) is 21.9. The topological polar surface area (TPSA) is 105 Å². The van der Waals surface area contributed by atoms with Gasteiger partial charge in [-0.2, -0.15) is 0 Å². The molecule has 0 unspecified atom stereocenters. The van der Waals surface area contributed by atoms with Gasteiger partial charge in [-0.15, -0.1) is 0 Å². The average Bonchev–Trinajstić information content (AvgIpc) is 2.71. The fourth-order valence-electron chi connectivity index (χ4n) is 3.47. The molecule has 1 aliphatic heterocycles. The fraction of sp³-hybridized carbons (Fsp3) is 0.318. The number of benzene rings is 2. The molecule has 0 spiro atoms. The van der Waals surface area contributed by atoms with Crippen LogP contribution < -0.4 is 25.6 Å². The lowest BCUT2D eigenvalue weighted by atomic mass is 9.96. The molecule has 0 radical (unpaired) electrons. The molecule has 0 atom stereocenters. The molecule has 1 heterocycles. The Balaban J connectivity index is 1.92. The maximum absolute atomic E-state index is 13.4. The van der Waals surface area contributed by atoms with E-state index >= 15 is 0 Å². The number of amides is 3. The number of fused-ring (bicyclic) bond motifs is 1. The molecular weight excluding hydrogens is 384 g/mol. The van der Waals surface area contributed by atoms with Crippen molar-refractivity contribution >= 4 is 34.8 Å². The van der Waals surface area contributed by atoms with Gasteiger partial charge in [-0.25, -0.2) is 0 Å². The number of ether oxygens (including phenoxy) is 1. The molecule has 1 aliphatic rings. The fourth-order valence-corrected chi connectivity index (χ4v) is 3.47. The Morgan fingerprint density at radius 3 is 2.43 bits per heavy atom. The number of nitrogens with one attached hydrogen (secondary N) is 1. The summed E-state index contributed by atoms with van der Waals surface area (Å²) < 4.78 is 5.19. The first kappa shape index (κ1) is 21.2. The molecular formula is C22H26N4O4. The molecule has 0 bridgehead atoms. The van der Waals surface area contributed by atoms with Crippen molar-refractivity contribution < 1.29 is 19.1 Å². The van der Waals surface area contributed by atoms with Crippen LogP contribution in [-0.2, 0) is 14.4 Å². The van der Waals surface area contributed by atoms with Gasteiger partial charge in [0, 0.05) is 18.7 Å². The van der Waals surface area contributed by atoms with Crippen molar-refractivity contribution in [2.45, 2.75) is 25.8 Å². The number of carbonyl (C=O) groups is 3. The average molecular weight is 410 g/mol. The Morgan fingerprint density at radius 2 is 1.80 bits per heavy atom. The third-order valence-corrected chi connectivity index (χ3v) is 5.15. The van der Waals surface area contributed by atoms with Crippen molar-refractivity contribution in [1.82, 2.24) is 0 Å². The SMILES string of the molecule is COc1ccc(N(CCC(N)=O)CC(=O)N2c3ccccc3NC(=O)C2(C)C)cc1. The van der Waals surface area contributed by atoms with Gasteiger partial charge in [0.15, 0.2) is 0 Å². The van der Waals surface area contributed by atoms with E-state index in [-0.39, 0.29) is 31.3 Å². The Kier molecular flexibility index (Phi) is 5.96. The van der Waals surface area contributed by atoms with E-state index in [1.807, 2.05) is 18.2 Å². The predicted molar refractivity (Wildman–Crippen MR) is 116 cm³/mol. The number of nitrogens with zero attached hydrogens (tertiary/aromatic N) is 2. The number of hydrogen-bond donors (Lipinski definition) is 2.